The number of nitrogens with one attached hydrogen (secondary N) is 2. The number of thioether (sulfide) groups is 1. The number of hydrogen-bond donors (Lipinski definition) is 2. The van der Waals surface area contributed by atoms with E-state index in [-0.39, 0.29) is 34.6 Å². The predicted molar refractivity (Wildman–Crippen MR) is 103 cm³/mol. The number of nitrogens with zero attached hydrogens (tertiary/aromatic N) is 1. The van der Waals surface area contributed by atoms with Gasteiger partial charge in [-0.05, 0) is 32.8 Å². The van der Waals surface area contributed by atoms with E-state index < -0.39 is 33.9 Å². The zero-order valence-corrected chi connectivity index (χ0v) is 16.7. The van der Waals surface area contributed by atoms with Crippen LogP contribution in [-0.2, 0) is 9.53 Å². The van der Waals surface area contributed by atoms with Crippen molar-refractivity contribution in [2.24, 2.45) is 0 Å². The lowest BCUT2D eigenvalue weighted by molar-refractivity contribution is -0.113. The van der Waals surface area contributed by atoms with Crippen LogP contribution in [0, 0.1) is 17.5 Å². The van der Waals surface area contributed by atoms with Crippen LogP contribution < -0.4 is 10.9 Å². The first-order valence-electron chi connectivity index (χ1n) is 9.21. The molecule has 2 atom stereocenters. The maximum absolute atomic E-state index is 14.5. The van der Waals surface area contributed by atoms with Gasteiger partial charge in [-0.2, -0.15) is 0 Å². The molecule has 6 nitrogen and oxygen atoms in total. The largest absolute Gasteiger partial charge is 0.375 e. The van der Waals surface area contributed by atoms with E-state index in [1.807, 2.05) is 13.8 Å². The van der Waals surface area contributed by atoms with Gasteiger partial charge in [0.25, 0.3) is 5.56 Å². The number of anilines is 1. The minimum atomic E-state index is -1.60. The van der Waals surface area contributed by atoms with Crippen LogP contribution in [0.3, 0.4) is 0 Å². The van der Waals surface area contributed by atoms with Crippen LogP contribution in [0.4, 0.5) is 19.0 Å². The third-order valence-corrected chi connectivity index (χ3v) is 6.50. The van der Waals surface area contributed by atoms with Crippen molar-refractivity contribution in [3.63, 3.8) is 0 Å². The number of ether oxygens (including phenoxy) is 1. The Labute approximate surface area is 168 Å². The number of hydrogen-bond acceptors (Lipinski definition) is 4. The molecule has 4 rings (SSSR count). The Hall–Kier alpha value is -2.20. The number of fused-ring (bicyclic) bond motifs is 1. The molecular formula is C19H20F3N3O3S. The first-order chi connectivity index (χ1) is 13.7. The molecule has 0 saturated carbocycles. The van der Waals surface area contributed by atoms with Gasteiger partial charge >= 0.3 is 0 Å². The number of aromatic amines is 1. The van der Waals surface area contributed by atoms with Gasteiger partial charge in [-0.15, -0.1) is 11.8 Å². The number of carbonyl (C=O) groups is 1. The summed E-state index contributed by atoms with van der Waals surface area (Å²) >= 11 is 0.991. The standard InChI is InChI=1S/C19H20F3N3O3S/c1-19(2)7-9(5-6-28-19)25-17-13(18(27)24-25)16(29-8-12(26)23-17)10-3-4-11(20)15(22)14(10)21/h3-4,9,16H,5-8H2,1-2H3,(H,23,26)(H,24,27)/t9-,16-/m0/s1. The molecule has 1 amide bonds. The SMILES string of the molecule is CC1(C)C[C@@H](n2[nH]c(=O)c3c2NC(=O)CS[C@H]3c2ccc(F)c(F)c2F)CCO1. The summed E-state index contributed by atoms with van der Waals surface area (Å²) in [5.74, 6) is -4.45. The van der Waals surface area contributed by atoms with Crippen molar-refractivity contribution >= 4 is 23.5 Å². The monoisotopic (exact) mass is 427 g/mol. The quantitative estimate of drug-likeness (QED) is 0.720. The van der Waals surface area contributed by atoms with E-state index in [0.29, 0.717) is 19.4 Å². The van der Waals surface area contributed by atoms with E-state index in [9.17, 15) is 22.8 Å². The summed E-state index contributed by atoms with van der Waals surface area (Å²) in [5, 5.41) is 4.50. The summed E-state index contributed by atoms with van der Waals surface area (Å²) in [7, 11) is 0. The third-order valence-electron chi connectivity index (χ3n) is 5.25. The molecule has 0 spiro atoms. The lowest BCUT2D eigenvalue weighted by Crippen LogP contribution is -2.36. The average molecular weight is 427 g/mol. The van der Waals surface area contributed by atoms with Crippen LogP contribution in [0.15, 0.2) is 16.9 Å². The van der Waals surface area contributed by atoms with Crippen molar-refractivity contribution < 1.29 is 22.7 Å². The van der Waals surface area contributed by atoms with Gasteiger partial charge < -0.3 is 10.1 Å². The Kier molecular flexibility index (Phi) is 5.02. The second-order valence-corrected chi connectivity index (χ2v) is 8.93. The maximum Gasteiger partial charge on any atom is 0.270 e. The fraction of sp³-hybridized carbons (Fsp3) is 0.474. The number of H-pyrrole nitrogens is 1. The average Bonchev–Trinajstić information content (AvgIpc) is 2.86. The second-order valence-electron chi connectivity index (χ2n) is 7.83. The van der Waals surface area contributed by atoms with Gasteiger partial charge in [-0.3, -0.25) is 19.4 Å². The van der Waals surface area contributed by atoms with Crippen LogP contribution in [0.2, 0.25) is 0 Å². The van der Waals surface area contributed by atoms with Crippen LogP contribution in [0.1, 0.15) is 49.1 Å². The summed E-state index contributed by atoms with van der Waals surface area (Å²) in [5.41, 5.74) is -0.975. The summed E-state index contributed by atoms with van der Waals surface area (Å²) in [4.78, 5) is 25.1. The number of aromatic nitrogens is 2. The summed E-state index contributed by atoms with van der Waals surface area (Å²) in [6.45, 7) is 4.36. The van der Waals surface area contributed by atoms with Gasteiger partial charge in [0, 0.05) is 12.2 Å². The van der Waals surface area contributed by atoms with Crippen LogP contribution in [-0.4, -0.2) is 33.6 Å². The fourth-order valence-corrected chi connectivity index (χ4v) is 5.06. The Morgan fingerprint density at radius 3 is 2.69 bits per heavy atom. The van der Waals surface area contributed by atoms with Crippen molar-refractivity contribution in [3.05, 3.63) is 51.1 Å². The van der Waals surface area contributed by atoms with Crippen LogP contribution in [0.5, 0.6) is 0 Å². The van der Waals surface area contributed by atoms with Crippen molar-refractivity contribution in [1.29, 1.82) is 0 Å². The molecule has 1 saturated heterocycles. The predicted octanol–water partition coefficient (Wildman–Crippen LogP) is 3.50. The first-order valence-corrected chi connectivity index (χ1v) is 10.3. The normalized spacial score (nSPS) is 24.0. The van der Waals surface area contributed by atoms with Crippen molar-refractivity contribution in [2.75, 3.05) is 17.7 Å². The van der Waals surface area contributed by atoms with Gasteiger partial charge in [0.15, 0.2) is 17.5 Å². The third kappa shape index (κ3) is 3.59. The lowest BCUT2D eigenvalue weighted by Gasteiger charge is -2.36. The van der Waals surface area contributed by atoms with E-state index in [1.54, 1.807) is 4.68 Å². The smallest absolute Gasteiger partial charge is 0.270 e. The molecule has 10 heteroatoms. The van der Waals surface area contributed by atoms with Crippen molar-refractivity contribution in [3.8, 4) is 0 Å². The Balaban J connectivity index is 1.84. The number of carbonyl (C=O) groups excluding carboxylic acids is 1. The maximum atomic E-state index is 14.5. The highest BCUT2D eigenvalue weighted by molar-refractivity contribution is 8.00. The molecule has 2 N–H and O–H groups in total. The molecule has 2 aliphatic heterocycles. The van der Waals surface area contributed by atoms with Crippen molar-refractivity contribution in [2.45, 2.75) is 43.6 Å². The molecule has 0 aliphatic carbocycles. The number of benzene rings is 1. The number of rotatable bonds is 2. The van der Waals surface area contributed by atoms with Gasteiger partial charge in [-0.25, -0.2) is 13.2 Å². The van der Waals surface area contributed by atoms with Crippen LogP contribution >= 0.6 is 11.8 Å². The molecule has 1 aromatic carbocycles. The van der Waals surface area contributed by atoms with E-state index in [0.717, 1.165) is 23.9 Å². The molecule has 2 aliphatic rings. The van der Waals surface area contributed by atoms with Gasteiger partial charge in [-0.1, -0.05) is 6.07 Å². The number of amides is 1. The minimum Gasteiger partial charge on any atom is -0.375 e. The van der Waals surface area contributed by atoms with E-state index in [2.05, 4.69) is 10.4 Å². The first kappa shape index (κ1) is 20.1. The Bertz CT molecular complexity index is 1030. The highest BCUT2D eigenvalue weighted by atomic mass is 32.2. The topological polar surface area (TPSA) is 76.1 Å². The molecule has 0 unspecified atom stereocenters. The molecule has 156 valence electrons. The molecule has 1 fully saturated rings. The van der Waals surface area contributed by atoms with E-state index in [4.69, 9.17) is 4.74 Å². The molecule has 0 radical (unpaired) electrons. The summed E-state index contributed by atoms with van der Waals surface area (Å²) in [6, 6.07) is 1.79. The van der Waals surface area contributed by atoms with Crippen molar-refractivity contribution in [1.82, 2.24) is 9.78 Å². The molecule has 1 aromatic heterocycles. The Morgan fingerprint density at radius 1 is 1.21 bits per heavy atom. The minimum absolute atomic E-state index is 0.0590. The number of halogens is 3. The van der Waals surface area contributed by atoms with Crippen LogP contribution in [0.25, 0.3) is 0 Å². The van der Waals surface area contributed by atoms with E-state index in [1.165, 1.54) is 0 Å². The highest BCUT2D eigenvalue weighted by Crippen LogP contribution is 2.43. The summed E-state index contributed by atoms with van der Waals surface area (Å²) in [6.07, 6.45) is 1.21. The molecular weight excluding hydrogens is 407 g/mol. The van der Waals surface area contributed by atoms with Gasteiger partial charge in [0.05, 0.1) is 28.2 Å². The van der Waals surface area contributed by atoms with E-state index >= 15 is 0 Å². The molecule has 29 heavy (non-hydrogen) atoms. The van der Waals surface area contributed by atoms with Gasteiger partial charge in [0.2, 0.25) is 5.91 Å². The van der Waals surface area contributed by atoms with Gasteiger partial charge in [0.1, 0.15) is 5.82 Å². The summed E-state index contributed by atoms with van der Waals surface area (Å²) < 4.78 is 49.0. The Morgan fingerprint density at radius 2 is 1.97 bits per heavy atom. The zero-order valence-electron chi connectivity index (χ0n) is 15.9. The fourth-order valence-electron chi connectivity index (χ4n) is 3.93. The molecule has 0 bridgehead atoms. The second kappa shape index (κ2) is 7.24. The molecule has 2 aromatic rings. The zero-order chi connectivity index (χ0) is 20.9. The lowest BCUT2D eigenvalue weighted by atomic mass is 9.94. The highest BCUT2D eigenvalue weighted by Gasteiger charge is 2.37. The molecule has 3 heterocycles.